The molecule has 0 aliphatic carbocycles. The summed E-state index contributed by atoms with van der Waals surface area (Å²) in [5.74, 6) is 0. The van der Waals surface area contributed by atoms with Crippen LogP contribution < -0.4 is 4.90 Å². The number of carbonyl (C=O) groups is 1. The van der Waals surface area contributed by atoms with Crippen molar-refractivity contribution in [1.82, 2.24) is 0 Å². The monoisotopic (exact) mass is 419 g/mol. The molecule has 0 fully saturated rings. The molecule has 3 rings (SSSR count). The molecule has 0 spiro atoms. The number of fused-ring (bicyclic) bond motifs is 1. The summed E-state index contributed by atoms with van der Waals surface area (Å²) in [6.45, 7) is 5.03. The summed E-state index contributed by atoms with van der Waals surface area (Å²) in [6, 6.07) is 15.6. The van der Waals surface area contributed by atoms with Gasteiger partial charge in [0.15, 0.2) is 0 Å². The molecule has 2 aromatic rings. The molecule has 1 amide bonds. The zero-order valence-electron chi connectivity index (χ0n) is 16.3. The summed E-state index contributed by atoms with van der Waals surface area (Å²) in [4.78, 5) is 15.5. The molecule has 0 atom stereocenters. The normalized spacial score (nSPS) is 14.0. The second-order valence-electron chi connectivity index (χ2n) is 6.50. The van der Waals surface area contributed by atoms with Gasteiger partial charge in [-0.3, -0.25) is 9.36 Å². The van der Waals surface area contributed by atoms with Gasteiger partial charge in [-0.25, -0.2) is 0 Å². The van der Waals surface area contributed by atoms with Gasteiger partial charge < -0.3 is 13.9 Å². The molecule has 150 valence electrons. The third-order valence-electron chi connectivity index (χ3n) is 4.49. The standard InChI is InChI=1S/C21H26NO4PS/c1-3-25-27(24,26-4-2)16-17-11-13-19(14-12-17)28-21(23)22-15-7-9-18-8-5-6-10-20(18)22/h5-6,8,10-14H,3-4,7,9,15-16H2,1-2H3. The summed E-state index contributed by atoms with van der Waals surface area (Å²) in [6.07, 6.45) is 2.22. The number of nitrogens with zero attached hydrogens (tertiary/aromatic N) is 1. The van der Waals surface area contributed by atoms with Crippen LogP contribution in [0.3, 0.4) is 0 Å². The Hall–Kier alpha value is -1.59. The van der Waals surface area contributed by atoms with E-state index in [0.717, 1.165) is 35.5 Å². The second kappa shape index (κ2) is 9.75. The highest BCUT2D eigenvalue weighted by atomic mass is 32.2. The molecule has 1 heterocycles. The highest BCUT2D eigenvalue weighted by molar-refractivity contribution is 8.14. The fourth-order valence-corrected chi connectivity index (χ4v) is 5.76. The third-order valence-corrected chi connectivity index (χ3v) is 7.45. The van der Waals surface area contributed by atoms with Gasteiger partial charge in [-0.1, -0.05) is 30.3 Å². The molecule has 5 nitrogen and oxygen atoms in total. The minimum atomic E-state index is -3.12. The van der Waals surface area contributed by atoms with Gasteiger partial charge in [0.05, 0.1) is 19.4 Å². The molecular formula is C21H26NO4PS. The molecule has 7 heteroatoms. The molecule has 2 aromatic carbocycles. The average molecular weight is 419 g/mol. The number of carbonyl (C=O) groups excluding carboxylic acids is 1. The number of hydrogen-bond donors (Lipinski definition) is 0. The lowest BCUT2D eigenvalue weighted by atomic mass is 10.0. The molecule has 0 saturated heterocycles. The molecule has 0 saturated carbocycles. The smallest absolute Gasteiger partial charge is 0.309 e. The van der Waals surface area contributed by atoms with Crippen molar-refractivity contribution in [3.05, 3.63) is 59.7 Å². The SMILES string of the molecule is CCOP(=O)(Cc1ccc(SC(=O)N2CCCc3ccccc32)cc1)OCC. The summed E-state index contributed by atoms with van der Waals surface area (Å²) < 4.78 is 23.4. The number of anilines is 1. The molecule has 0 aromatic heterocycles. The van der Waals surface area contributed by atoms with Crippen LogP contribution in [-0.4, -0.2) is 25.0 Å². The van der Waals surface area contributed by atoms with E-state index >= 15 is 0 Å². The van der Waals surface area contributed by atoms with Crippen LogP contribution >= 0.6 is 19.4 Å². The largest absolute Gasteiger partial charge is 0.335 e. The Labute approximate surface area is 171 Å². The van der Waals surface area contributed by atoms with Crippen molar-refractivity contribution in [3.63, 3.8) is 0 Å². The zero-order valence-corrected chi connectivity index (χ0v) is 18.0. The lowest BCUT2D eigenvalue weighted by molar-refractivity contribution is 0.219. The van der Waals surface area contributed by atoms with Crippen molar-refractivity contribution in [2.45, 2.75) is 37.7 Å². The Morgan fingerprint density at radius 2 is 1.75 bits per heavy atom. The van der Waals surface area contributed by atoms with E-state index < -0.39 is 7.60 Å². The number of aryl methyl sites for hydroxylation is 1. The van der Waals surface area contributed by atoms with E-state index in [1.165, 1.54) is 17.3 Å². The molecule has 1 aliphatic rings. The van der Waals surface area contributed by atoms with Crippen LogP contribution in [0.15, 0.2) is 53.4 Å². The Bertz CT molecular complexity index is 846. The van der Waals surface area contributed by atoms with Crippen molar-refractivity contribution in [3.8, 4) is 0 Å². The summed E-state index contributed by atoms with van der Waals surface area (Å²) in [7, 11) is -3.12. The van der Waals surface area contributed by atoms with E-state index in [4.69, 9.17) is 9.05 Å². The molecule has 0 N–H and O–H groups in total. The van der Waals surface area contributed by atoms with E-state index in [0.29, 0.717) is 13.2 Å². The summed E-state index contributed by atoms with van der Waals surface area (Å²) in [5.41, 5.74) is 3.10. The van der Waals surface area contributed by atoms with Crippen LogP contribution in [0.4, 0.5) is 10.5 Å². The predicted molar refractivity (Wildman–Crippen MR) is 114 cm³/mol. The molecule has 0 bridgehead atoms. The Morgan fingerprint density at radius 3 is 2.43 bits per heavy atom. The number of benzene rings is 2. The quantitative estimate of drug-likeness (QED) is 0.400. The van der Waals surface area contributed by atoms with Gasteiger partial charge in [0.2, 0.25) is 0 Å². The number of para-hydroxylation sites is 1. The predicted octanol–water partition coefficient (Wildman–Crippen LogP) is 6.12. The van der Waals surface area contributed by atoms with Crippen LogP contribution in [0.2, 0.25) is 0 Å². The zero-order chi connectivity index (χ0) is 20.0. The fourth-order valence-electron chi connectivity index (χ4n) is 3.29. The first-order valence-electron chi connectivity index (χ1n) is 9.59. The van der Waals surface area contributed by atoms with Crippen LogP contribution in [-0.2, 0) is 26.2 Å². The van der Waals surface area contributed by atoms with E-state index in [-0.39, 0.29) is 11.4 Å². The molecule has 0 unspecified atom stereocenters. The third kappa shape index (κ3) is 5.26. The van der Waals surface area contributed by atoms with Gasteiger partial charge in [0.25, 0.3) is 5.24 Å². The van der Waals surface area contributed by atoms with Crippen LogP contribution in [0.5, 0.6) is 0 Å². The van der Waals surface area contributed by atoms with E-state index in [1.54, 1.807) is 13.8 Å². The van der Waals surface area contributed by atoms with E-state index in [9.17, 15) is 9.36 Å². The van der Waals surface area contributed by atoms with Gasteiger partial charge in [-0.2, -0.15) is 0 Å². The van der Waals surface area contributed by atoms with Crippen molar-refractivity contribution < 1.29 is 18.4 Å². The molecule has 28 heavy (non-hydrogen) atoms. The van der Waals surface area contributed by atoms with Crippen LogP contribution in [0.25, 0.3) is 0 Å². The maximum Gasteiger partial charge on any atom is 0.335 e. The lowest BCUT2D eigenvalue weighted by Crippen LogP contribution is -2.32. The topological polar surface area (TPSA) is 55.8 Å². The minimum Gasteiger partial charge on any atom is -0.309 e. The first kappa shape index (κ1) is 21.1. The second-order valence-corrected chi connectivity index (χ2v) is 9.58. The molecular weight excluding hydrogens is 393 g/mol. The van der Waals surface area contributed by atoms with Crippen molar-refractivity contribution in [2.75, 3.05) is 24.7 Å². The lowest BCUT2D eigenvalue weighted by Gasteiger charge is -2.29. The highest BCUT2D eigenvalue weighted by Gasteiger charge is 2.25. The highest BCUT2D eigenvalue weighted by Crippen LogP contribution is 2.51. The Kier molecular flexibility index (Phi) is 7.36. The average Bonchev–Trinajstić information content (AvgIpc) is 2.69. The number of thioether (sulfide) groups is 1. The van der Waals surface area contributed by atoms with Gasteiger partial charge in [0, 0.05) is 17.1 Å². The van der Waals surface area contributed by atoms with Crippen molar-refractivity contribution in [1.29, 1.82) is 0 Å². The first-order chi connectivity index (χ1) is 13.5. The Morgan fingerprint density at radius 1 is 1.07 bits per heavy atom. The van der Waals surface area contributed by atoms with Gasteiger partial charge in [0.1, 0.15) is 0 Å². The van der Waals surface area contributed by atoms with E-state index in [2.05, 4.69) is 6.07 Å². The maximum atomic E-state index is 12.8. The molecule has 0 radical (unpaired) electrons. The van der Waals surface area contributed by atoms with Crippen molar-refractivity contribution in [2.24, 2.45) is 0 Å². The number of hydrogen-bond acceptors (Lipinski definition) is 5. The van der Waals surface area contributed by atoms with E-state index in [1.807, 2.05) is 47.4 Å². The van der Waals surface area contributed by atoms with Gasteiger partial charge >= 0.3 is 7.60 Å². The Balaban J connectivity index is 1.66. The van der Waals surface area contributed by atoms with Crippen molar-refractivity contribution >= 4 is 30.3 Å². The van der Waals surface area contributed by atoms with Crippen LogP contribution in [0.1, 0.15) is 31.4 Å². The fraction of sp³-hybridized carbons (Fsp3) is 0.381. The minimum absolute atomic E-state index is 0.0224. The van der Waals surface area contributed by atoms with Gasteiger partial charge in [-0.05, 0) is 67.8 Å². The number of rotatable bonds is 7. The maximum absolute atomic E-state index is 12.8. The number of amides is 1. The van der Waals surface area contributed by atoms with Gasteiger partial charge in [-0.15, -0.1) is 0 Å². The summed E-state index contributed by atoms with van der Waals surface area (Å²) >= 11 is 1.22. The van der Waals surface area contributed by atoms with Crippen LogP contribution in [0, 0.1) is 0 Å². The first-order valence-corrected chi connectivity index (χ1v) is 12.1. The molecule has 1 aliphatic heterocycles. The summed E-state index contributed by atoms with van der Waals surface area (Å²) in [5, 5.41) is 0.0224.